The summed E-state index contributed by atoms with van der Waals surface area (Å²) in [6.45, 7) is 0. The molecule has 0 aliphatic heterocycles. The molecule has 0 spiro atoms. The highest BCUT2D eigenvalue weighted by Gasteiger charge is 2.14. The summed E-state index contributed by atoms with van der Waals surface area (Å²) in [5.41, 5.74) is 0.904. The van der Waals surface area contributed by atoms with Crippen LogP contribution in [0.2, 0.25) is 0 Å². The monoisotopic (exact) mass is 388 g/mol. The standard InChI is InChI=1S/C23H17FN2O3/c1-28-18-12-10-16(11-13-18)14-17(15-25)23(27)26-20-7-3-5-9-22(20)29-21-8-4-2-6-19(21)24/h2-14H,1H3,(H,26,27). The molecule has 0 atom stereocenters. The average molecular weight is 388 g/mol. The van der Waals surface area contributed by atoms with Crippen LogP contribution in [-0.4, -0.2) is 13.0 Å². The first-order valence-electron chi connectivity index (χ1n) is 8.69. The average Bonchev–Trinajstić information content (AvgIpc) is 2.75. The molecule has 0 fully saturated rings. The molecule has 0 saturated heterocycles. The van der Waals surface area contributed by atoms with Crippen LogP contribution in [0.1, 0.15) is 5.56 Å². The molecule has 0 aliphatic rings. The van der Waals surface area contributed by atoms with Gasteiger partial charge in [0.1, 0.15) is 17.4 Å². The Morgan fingerprint density at radius 2 is 1.66 bits per heavy atom. The number of ether oxygens (including phenoxy) is 2. The Labute approximate surface area is 167 Å². The molecule has 0 saturated carbocycles. The lowest BCUT2D eigenvalue weighted by molar-refractivity contribution is -0.112. The number of hydrogen-bond acceptors (Lipinski definition) is 4. The van der Waals surface area contributed by atoms with Gasteiger partial charge in [0.05, 0.1) is 12.8 Å². The maximum absolute atomic E-state index is 13.9. The molecule has 29 heavy (non-hydrogen) atoms. The lowest BCUT2D eigenvalue weighted by atomic mass is 10.1. The van der Waals surface area contributed by atoms with Gasteiger partial charge in [-0.1, -0.05) is 36.4 Å². The van der Waals surface area contributed by atoms with Crippen LogP contribution < -0.4 is 14.8 Å². The van der Waals surface area contributed by atoms with E-state index in [0.717, 1.165) is 0 Å². The number of anilines is 1. The number of rotatable bonds is 6. The maximum Gasteiger partial charge on any atom is 0.266 e. The summed E-state index contributed by atoms with van der Waals surface area (Å²) in [5.74, 6) is -0.167. The molecule has 0 unspecified atom stereocenters. The number of benzene rings is 3. The van der Waals surface area contributed by atoms with E-state index in [4.69, 9.17) is 9.47 Å². The number of nitriles is 1. The zero-order valence-corrected chi connectivity index (χ0v) is 15.6. The molecule has 5 nitrogen and oxygen atoms in total. The molecule has 0 heterocycles. The van der Waals surface area contributed by atoms with Crippen molar-refractivity contribution in [3.8, 4) is 23.3 Å². The first-order chi connectivity index (χ1) is 14.1. The predicted molar refractivity (Wildman–Crippen MR) is 108 cm³/mol. The largest absolute Gasteiger partial charge is 0.497 e. The quantitative estimate of drug-likeness (QED) is 0.467. The third kappa shape index (κ3) is 4.99. The second-order valence-electron chi connectivity index (χ2n) is 5.93. The first-order valence-corrected chi connectivity index (χ1v) is 8.69. The minimum atomic E-state index is -0.604. The molecule has 3 aromatic rings. The Hall–Kier alpha value is -4.11. The highest BCUT2D eigenvalue weighted by Crippen LogP contribution is 2.31. The Bertz CT molecular complexity index is 1090. The highest BCUT2D eigenvalue weighted by molar-refractivity contribution is 6.10. The van der Waals surface area contributed by atoms with E-state index >= 15 is 0 Å². The van der Waals surface area contributed by atoms with Crippen LogP contribution >= 0.6 is 0 Å². The van der Waals surface area contributed by atoms with E-state index in [1.54, 1.807) is 67.8 Å². The van der Waals surface area contributed by atoms with Gasteiger partial charge in [-0.25, -0.2) is 4.39 Å². The number of carbonyl (C=O) groups is 1. The van der Waals surface area contributed by atoms with Crippen LogP contribution in [0.15, 0.2) is 78.4 Å². The summed E-state index contributed by atoms with van der Waals surface area (Å²) in [6.07, 6.45) is 1.47. The van der Waals surface area contributed by atoms with Crippen molar-refractivity contribution in [2.45, 2.75) is 0 Å². The summed E-state index contributed by atoms with van der Waals surface area (Å²) >= 11 is 0. The van der Waals surface area contributed by atoms with E-state index in [1.807, 2.05) is 6.07 Å². The molecule has 0 radical (unpaired) electrons. The fourth-order valence-electron chi connectivity index (χ4n) is 2.51. The van der Waals surface area contributed by atoms with Crippen molar-refractivity contribution in [1.29, 1.82) is 5.26 Å². The van der Waals surface area contributed by atoms with E-state index in [0.29, 0.717) is 17.0 Å². The molecule has 1 amide bonds. The summed E-state index contributed by atoms with van der Waals surface area (Å²) in [6, 6.07) is 21.4. The van der Waals surface area contributed by atoms with Crippen molar-refractivity contribution < 1.29 is 18.7 Å². The normalized spacial score (nSPS) is 10.7. The van der Waals surface area contributed by atoms with Gasteiger partial charge in [0.2, 0.25) is 0 Å². The topological polar surface area (TPSA) is 71.3 Å². The highest BCUT2D eigenvalue weighted by atomic mass is 19.1. The van der Waals surface area contributed by atoms with Gasteiger partial charge in [0.25, 0.3) is 5.91 Å². The zero-order valence-electron chi connectivity index (χ0n) is 15.6. The molecule has 0 aliphatic carbocycles. The molecule has 6 heteroatoms. The number of carbonyl (C=O) groups excluding carboxylic acids is 1. The molecule has 144 valence electrons. The van der Waals surface area contributed by atoms with Crippen LogP contribution in [0.3, 0.4) is 0 Å². The fraction of sp³-hybridized carbons (Fsp3) is 0.0435. The molecule has 3 aromatic carbocycles. The van der Waals surface area contributed by atoms with E-state index in [1.165, 1.54) is 18.2 Å². The van der Waals surface area contributed by atoms with Gasteiger partial charge in [-0.3, -0.25) is 4.79 Å². The lowest BCUT2D eigenvalue weighted by Crippen LogP contribution is -2.14. The molecule has 0 aromatic heterocycles. The van der Waals surface area contributed by atoms with Gasteiger partial charge in [0.15, 0.2) is 17.3 Å². The molecule has 1 N–H and O–H groups in total. The molecular formula is C23H17FN2O3. The zero-order chi connectivity index (χ0) is 20.6. The van der Waals surface area contributed by atoms with E-state index in [2.05, 4.69) is 5.32 Å². The van der Waals surface area contributed by atoms with E-state index in [9.17, 15) is 14.4 Å². The number of nitrogens with zero attached hydrogens (tertiary/aromatic N) is 1. The smallest absolute Gasteiger partial charge is 0.266 e. The fourth-order valence-corrected chi connectivity index (χ4v) is 2.51. The van der Waals surface area contributed by atoms with Crippen molar-refractivity contribution in [1.82, 2.24) is 0 Å². The molecular weight excluding hydrogens is 371 g/mol. The Balaban J connectivity index is 1.81. The van der Waals surface area contributed by atoms with Crippen LogP contribution in [0, 0.1) is 17.1 Å². The third-order valence-electron chi connectivity index (χ3n) is 3.98. The van der Waals surface area contributed by atoms with Crippen molar-refractivity contribution >= 4 is 17.7 Å². The number of halogens is 1. The van der Waals surface area contributed by atoms with E-state index in [-0.39, 0.29) is 17.1 Å². The summed E-state index contributed by atoms with van der Waals surface area (Å²) < 4.78 is 24.6. The number of hydrogen-bond donors (Lipinski definition) is 1. The van der Waals surface area contributed by atoms with Crippen LogP contribution in [0.4, 0.5) is 10.1 Å². The van der Waals surface area contributed by atoms with Gasteiger partial charge in [-0.05, 0) is 48.0 Å². The van der Waals surface area contributed by atoms with Gasteiger partial charge >= 0.3 is 0 Å². The van der Waals surface area contributed by atoms with Crippen molar-refractivity contribution in [3.05, 3.63) is 89.8 Å². The summed E-state index contributed by atoms with van der Waals surface area (Å²) in [7, 11) is 1.56. The number of methoxy groups -OCH3 is 1. The van der Waals surface area contributed by atoms with Crippen molar-refractivity contribution in [3.63, 3.8) is 0 Å². The second-order valence-corrected chi connectivity index (χ2v) is 5.93. The van der Waals surface area contributed by atoms with Crippen LogP contribution in [0.5, 0.6) is 17.2 Å². The minimum absolute atomic E-state index is 0.0310. The van der Waals surface area contributed by atoms with Crippen LogP contribution in [-0.2, 0) is 4.79 Å². The van der Waals surface area contributed by atoms with Crippen molar-refractivity contribution in [2.75, 3.05) is 12.4 Å². The van der Waals surface area contributed by atoms with Gasteiger partial charge in [-0.15, -0.1) is 0 Å². The number of para-hydroxylation sites is 3. The van der Waals surface area contributed by atoms with Gasteiger partial charge in [0, 0.05) is 0 Å². The first kappa shape index (κ1) is 19.6. The SMILES string of the molecule is COc1ccc(C=C(C#N)C(=O)Nc2ccccc2Oc2ccccc2F)cc1. The second kappa shape index (κ2) is 9.20. The van der Waals surface area contributed by atoms with Gasteiger partial charge < -0.3 is 14.8 Å². The third-order valence-corrected chi connectivity index (χ3v) is 3.98. The Morgan fingerprint density at radius 3 is 2.31 bits per heavy atom. The Kier molecular flexibility index (Phi) is 6.23. The lowest BCUT2D eigenvalue weighted by Gasteiger charge is -2.12. The van der Waals surface area contributed by atoms with Gasteiger partial charge in [-0.2, -0.15) is 5.26 Å². The van der Waals surface area contributed by atoms with Crippen LogP contribution in [0.25, 0.3) is 6.08 Å². The molecule has 3 rings (SSSR count). The minimum Gasteiger partial charge on any atom is -0.497 e. The Morgan fingerprint density at radius 1 is 1.00 bits per heavy atom. The van der Waals surface area contributed by atoms with Crippen molar-refractivity contribution in [2.24, 2.45) is 0 Å². The summed E-state index contributed by atoms with van der Waals surface area (Å²) in [5, 5.41) is 12.0. The summed E-state index contributed by atoms with van der Waals surface area (Å²) in [4.78, 5) is 12.6. The van der Waals surface area contributed by atoms with E-state index < -0.39 is 11.7 Å². The maximum atomic E-state index is 13.9. The predicted octanol–water partition coefficient (Wildman–Crippen LogP) is 5.17. The molecule has 0 bridgehead atoms. The number of amides is 1. The number of nitrogens with one attached hydrogen (secondary N) is 1.